The molecule has 2 heterocycles. The molecule has 7 heteroatoms. The van der Waals surface area contributed by atoms with Crippen LogP contribution in [0.1, 0.15) is 0 Å². The molecule has 0 bridgehead atoms. The van der Waals surface area contributed by atoms with Crippen LogP contribution >= 0.6 is 27.5 Å². The minimum absolute atomic E-state index is 0.189. The first-order valence-electron chi connectivity index (χ1n) is 7.71. The molecule has 0 N–H and O–H groups in total. The molecule has 0 amide bonds. The highest BCUT2D eigenvalue weighted by molar-refractivity contribution is 9.10. The Balaban J connectivity index is 1.97. The average molecular weight is 448 g/mol. The summed E-state index contributed by atoms with van der Waals surface area (Å²) < 4.78 is 27.7. The Kier molecular flexibility index (Phi) is 4.34. The van der Waals surface area contributed by atoms with E-state index in [1.807, 2.05) is 30.3 Å². The molecule has 0 saturated heterocycles. The summed E-state index contributed by atoms with van der Waals surface area (Å²) in [6, 6.07) is 17.8. The first-order valence-corrected chi connectivity index (χ1v) is 10.3. The third kappa shape index (κ3) is 2.74. The van der Waals surface area contributed by atoms with E-state index in [1.165, 1.54) is 6.20 Å². The Labute approximate surface area is 164 Å². The predicted molar refractivity (Wildman–Crippen MR) is 107 cm³/mol. The van der Waals surface area contributed by atoms with Crippen LogP contribution in [-0.4, -0.2) is 17.4 Å². The maximum absolute atomic E-state index is 13.0. The van der Waals surface area contributed by atoms with Crippen LogP contribution in [0.4, 0.5) is 0 Å². The number of nitrogens with zero attached hydrogens (tertiary/aromatic N) is 2. The monoisotopic (exact) mass is 446 g/mol. The minimum atomic E-state index is -3.77. The number of fused-ring (bicyclic) bond motifs is 1. The number of halogens is 2. The second-order valence-electron chi connectivity index (χ2n) is 5.64. The van der Waals surface area contributed by atoms with Crippen molar-refractivity contribution < 1.29 is 8.42 Å². The van der Waals surface area contributed by atoms with E-state index in [1.54, 1.807) is 36.5 Å². The molecule has 2 aromatic heterocycles. The highest BCUT2D eigenvalue weighted by atomic mass is 79.9. The highest BCUT2D eigenvalue weighted by Gasteiger charge is 2.24. The highest BCUT2D eigenvalue weighted by Crippen LogP contribution is 2.38. The van der Waals surface area contributed by atoms with E-state index in [2.05, 4.69) is 20.9 Å². The zero-order chi connectivity index (χ0) is 18.3. The van der Waals surface area contributed by atoms with Crippen LogP contribution in [0.15, 0.2) is 82.4 Å². The molecule has 4 rings (SSSR count). The smallest absolute Gasteiger partial charge is 0.236 e. The molecule has 0 aliphatic heterocycles. The number of hydrogen-bond donors (Lipinski definition) is 0. The van der Waals surface area contributed by atoms with Gasteiger partial charge in [-0.15, -0.1) is 0 Å². The van der Waals surface area contributed by atoms with Gasteiger partial charge in [-0.25, -0.2) is 17.4 Å². The summed E-state index contributed by atoms with van der Waals surface area (Å²) >= 11 is 10.0. The molecule has 0 spiro atoms. The fourth-order valence-corrected chi connectivity index (χ4v) is 5.31. The van der Waals surface area contributed by atoms with E-state index < -0.39 is 10.0 Å². The number of rotatable bonds is 3. The van der Waals surface area contributed by atoms with Crippen LogP contribution in [0.5, 0.6) is 0 Å². The van der Waals surface area contributed by atoms with E-state index in [0.29, 0.717) is 14.9 Å². The third-order valence-electron chi connectivity index (χ3n) is 4.06. The van der Waals surface area contributed by atoms with Crippen LogP contribution in [0, 0.1) is 0 Å². The van der Waals surface area contributed by atoms with Gasteiger partial charge in [0.15, 0.2) is 5.65 Å². The SMILES string of the molecule is O=S(=O)(c1ccccc1)n1cc(Br)c2c(Cl)c(-c3ccccc3)cnc21. The van der Waals surface area contributed by atoms with E-state index in [9.17, 15) is 8.42 Å². The lowest BCUT2D eigenvalue weighted by atomic mass is 10.1. The summed E-state index contributed by atoms with van der Waals surface area (Å²) in [7, 11) is -3.77. The largest absolute Gasteiger partial charge is 0.269 e. The van der Waals surface area contributed by atoms with Gasteiger partial charge in [0.1, 0.15) is 0 Å². The fourth-order valence-electron chi connectivity index (χ4n) is 2.80. The Bertz CT molecular complexity index is 1210. The van der Waals surface area contributed by atoms with Crippen molar-refractivity contribution in [2.24, 2.45) is 0 Å². The van der Waals surface area contributed by atoms with Gasteiger partial charge in [-0.05, 0) is 33.6 Å². The van der Waals surface area contributed by atoms with Gasteiger partial charge in [0.2, 0.25) is 0 Å². The second kappa shape index (κ2) is 6.54. The van der Waals surface area contributed by atoms with Gasteiger partial charge in [-0.3, -0.25) is 0 Å². The molecule has 0 aliphatic rings. The van der Waals surface area contributed by atoms with Crippen molar-refractivity contribution in [1.29, 1.82) is 0 Å². The number of benzene rings is 2. The average Bonchev–Trinajstić information content (AvgIpc) is 3.02. The van der Waals surface area contributed by atoms with Crippen LogP contribution in [0.2, 0.25) is 5.02 Å². The van der Waals surface area contributed by atoms with Crippen LogP contribution in [-0.2, 0) is 10.0 Å². The maximum Gasteiger partial charge on any atom is 0.269 e. The first-order chi connectivity index (χ1) is 12.5. The molecule has 0 fully saturated rings. The Morgan fingerprint density at radius 1 is 0.962 bits per heavy atom. The molecule has 4 nitrogen and oxygen atoms in total. The van der Waals surface area contributed by atoms with E-state index in [4.69, 9.17) is 11.6 Å². The summed E-state index contributed by atoms with van der Waals surface area (Å²) in [5, 5.41) is 1.02. The van der Waals surface area contributed by atoms with E-state index in [0.717, 1.165) is 15.1 Å². The van der Waals surface area contributed by atoms with Crippen LogP contribution < -0.4 is 0 Å². The number of hydrogen-bond acceptors (Lipinski definition) is 3. The molecule has 0 aliphatic carbocycles. The lowest BCUT2D eigenvalue weighted by Crippen LogP contribution is -2.12. The molecular weight excluding hydrogens is 436 g/mol. The van der Waals surface area contributed by atoms with Crippen molar-refractivity contribution >= 4 is 48.6 Å². The first kappa shape index (κ1) is 17.3. The Morgan fingerprint density at radius 2 is 1.58 bits per heavy atom. The fraction of sp³-hybridized carbons (Fsp3) is 0. The molecule has 0 unspecified atom stereocenters. The summed E-state index contributed by atoms with van der Waals surface area (Å²) in [6.07, 6.45) is 3.09. The normalized spacial score (nSPS) is 11.8. The molecule has 0 saturated carbocycles. The predicted octanol–water partition coefficient (Wildman–Crippen LogP) is 5.36. The van der Waals surface area contributed by atoms with E-state index in [-0.39, 0.29) is 10.5 Å². The molecule has 26 heavy (non-hydrogen) atoms. The molecule has 130 valence electrons. The third-order valence-corrected chi connectivity index (χ3v) is 6.72. The standard InChI is InChI=1S/C19H12BrClN2O2S/c20-16-12-23(26(24,25)14-9-5-2-6-10-14)19-17(16)18(21)15(11-22-19)13-7-3-1-4-8-13/h1-12H. The van der Waals surface area contributed by atoms with Crippen molar-refractivity contribution in [2.75, 3.05) is 0 Å². The van der Waals surface area contributed by atoms with Gasteiger partial charge >= 0.3 is 0 Å². The second-order valence-corrected chi connectivity index (χ2v) is 8.69. The van der Waals surface area contributed by atoms with Gasteiger partial charge in [-0.2, -0.15) is 0 Å². The van der Waals surface area contributed by atoms with Crippen molar-refractivity contribution in [3.8, 4) is 11.1 Å². The maximum atomic E-state index is 13.0. The quantitative estimate of drug-likeness (QED) is 0.425. The van der Waals surface area contributed by atoms with Crippen LogP contribution in [0.25, 0.3) is 22.2 Å². The van der Waals surface area contributed by atoms with Gasteiger partial charge in [0.25, 0.3) is 10.0 Å². The number of pyridine rings is 1. The molecule has 2 aromatic carbocycles. The molecule has 0 radical (unpaired) electrons. The lowest BCUT2D eigenvalue weighted by molar-refractivity contribution is 0.588. The topological polar surface area (TPSA) is 52.0 Å². The summed E-state index contributed by atoms with van der Waals surface area (Å²) in [5.74, 6) is 0. The zero-order valence-electron chi connectivity index (χ0n) is 13.3. The van der Waals surface area contributed by atoms with Crippen molar-refractivity contribution in [3.63, 3.8) is 0 Å². The van der Waals surface area contributed by atoms with Crippen molar-refractivity contribution in [2.45, 2.75) is 4.90 Å². The van der Waals surface area contributed by atoms with Gasteiger partial charge < -0.3 is 0 Å². The minimum Gasteiger partial charge on any atom is -0.236 e. The Morgan fingerprint density at radius 3 is 2.23 bits per heavy atom. The van der Waals surface area contributed by atoms with Gasteiger partial charge in [0.05, 0.1) is 15.3 Å². The Hall–Kier alpha value is -2.15. The van der Waals surface area contributed by atoms with Gasteiger partial charge in [0, 0.05) is 22.4 Å². The van der Waals surface area contributed by atoms with Gasteiger partial charge in [-0.1, -0.05) is 60.1 Å². The van der Waals surface area contributed by atoms with Crippen LogP contribution in [0.3, 0.4) is 0 Å². The van der Waals surface area contributed by atoms with Crippen molar-refractivity contribution in [1.82, 2.24) is 8.96 Å². The summed E-state index contributed by atoms with van der Waals surface area (Å²) in [4.78, 5) is 4.59. The molecule has 0 atom stereocenters. The van der Waals surface area contributed by atoms with E-state index >= 15 is 0 Å². The summed E-state index contributed by atoms with van der Waals surface area (Å²) in [5.41, 5.74) is 1.94. The molecular formula is C19H12BrClN2O2S. The van der Waals surface area contributed by atoms with Crippen molar-refractivity contribution in [3.05, 3.63) is 82.6 Å². The number of aromatic nitrogens is 2. The zero-order valence-corrected chi connectivity index (χ0v) is 16.5. The lowest BCUT2D eigenvalue weighted by Gasteiger charge is -2.09. The molecule has 4 aromatic rings. The summed E-state index contributed by atoms with van der Waals surface area (Å²) in [6.45, 7) is 0.